The minimum Gasteiger partial charge on any atom is -0.394 e. The van der Waals surface area contributed by atoms with Gasteiger partial charge in [0.05, 0.1) is 18.8 Å². The molecule has 1 amide bonds. The van der Waals surface area contributed by atoms with E-state index in [4.69, 9.17) is 0 Å². The quantitative estimate of drug-likeness (QED) is 0.0421. The summed E-state index contributed by atoms with van der Waals surface area (Å²) in [5, 5.41) is 23.1. The lowest BCUT2D eigenvalue weighted by Gasteiger charge is -2.20. The van der Waals surface area contributed by atoms with Crippen LogP contribution in [0.2, 0.25) is 0 Å². The Morgan fingerprint density at radius 2 is 0.688 bits per heavy atom. The number of aliphatic hydroxyl groups excluding tert-OH is 2. The summed E-state index contributed by atoms with van der Waals surface area (Å²) in [5.41, 5.74) is 0. The number of hydrogen-bond donors (Lipinski definition) is 3. The molecule has 0 aromatic heterocycles. The zero-order chi connectivity index (χ0) is 46.3. The summed E-state index contributed by atoms with van der Waals surface area (Å²) < 4.78 is 0. The highest BCUT2D eigenvalue weighted by Crippen LogP contribution is 2.16. The van der Waals surface area contributed by atoms with Gasteiger partial charge < -0.3 is 15.5 Å². The Hall–Kier alpha value is -2.69. The van der Waals surface area contributed by atoms with Crippen LogP contribution in [0, 0.1) is 0 Å². The monoisotopic (exact) mass is 888 g/mol. The van der Waals surface area contributed by atoms with Gasteiger partial charge in [0, 0.05) is 6.42 Å². The number of nitrogens with one attached hydrogen (secondary N) is 1. The van der Waals surface area contributed by atoms with Crippen LogP contribution < -0.4 is 5.32 Å². The van der Waals surface area contributed by atoms with Crippen molar-refractivity contribution in [3.63, 3.8) is 0 Å². The normalized spacial score (nSPS) is 13.6. The molecule has 64 heavy (non-hydrogen) atoms. The van der Waals surface area contributed by atoms with Gasteiger partial charge in [-0.25, -0.2) is 0 Å². The second kappa shape index (κ2) is 54.6. The van der Waals surface area contributed by atoms with Crippen LogP contribution in [0.1, 0.15) is 258 Å². The third-order valence-corrected chi connectivity index (χ3v) is 12.1. The lowest BCUT2D eigenvalue weighted by atomic mass is 10.0. The van der Waals surface area contributed by atoms with E-state index in [1.807, 2.05) is 6.08 Å². The first kappa shape index (κ1) is 61.3. The van der Waals surface area contributed by atoms with Crippen molar-refractivity contribution < 1.29 is 15.0 Å². The molecule has 4 nitrogen and oxygen atoms in total. The summed E-state index contributed by atoms with van der Waals surface area (Å²) in [5.74, 6) is -0.0674. The van der Waals surface area contributed by atoms with Crippen molar-refractivity contribution in [2.75, 3.05) is 6.61 Å². The maximum absolute atomic E-state index is 12.5. The standard InChI is InChI=1S/C60H105NO3/c1-3-5-7-9-11-13-15-17-19-21-22-23-24-25-26-27-28-29-30-31-32-33-34-35-36-37-38-40-42-44-46-48-50-52-54-56-60(64)61-58(57-62)59(63)55-53-51-49-47-45-43-41-39-20-18-16-14-12-10-8-6-4-2/h5,7,11,13,17,19,22-23,25-26,28-29,31-32,53,55,58-59,62-63H,3-4,6,8-10,12,14-16,18,20-21,24,27,30,33-52,54,56-57H2,1-2H3,(H,61,64)/b7-5-,13-11-,19-17-,23-22-,26-25-,29-28-,32-31-,55-53+. The van der Waals surface area contributed by atoms with E-state index in [-0.39, 0.29) is 12.5 Å². The van der Waals surface area contributed by atoms with E-state index in [1.165, 1.54) is 167 Å². The molecule has 0 aliphatic rings. The van der Waals surface area contributed by atoms with Crippen LogP contribution in [0.15, 0.2) is 97.2 Å². The fourth-order valence-corrected chi connectivity index (χ4v) is 7.92. The van der Waals surface area contributed by atoms with Gasteiger partial charge in [0.1, 0.15) is 0 Å². The summed E-state index contributed by atoms with van der Waals surface area (Å²) in [7, 11) is 0. The molecule has 3 N–H and O–H groups in total. The van der Waals surface area contributed by atoms with Gasteiger partial charge in [-0.3, -0.25) is 4.79 Å². The largest absolute Gasteiger partial charge is 0.394 e. The van der Waals surface area contributed by atoms with Gasteiger partial charge in [0.15, 0.2) is 0 Å². The van der Waals surface area contributed by atoms with E-state index in [0.717, 1.165) is 70.6 Å². The molecule has 0 heterocycles. The third kappa shape index (κ3) is 50.3. The summed E-state index contributed by atoms with van der Waals surface area (Å²) in [6.07, 6.45) is 81.2. The summed E-state index contributed by atoms with van der Waals surface area (Å²) >= 11 is 0. The molecule has 0 radical (unpaired) electrons. The Morgan fingerprint density at radius 1 is 0.391 bits per heavy atom. The van der Waals surface area contributed by atoms with Crippen LogP contribution in [0.25, 0.3) is 0 Å². The van der Waals surface area contributed by atoms with Crippen molar-refractivity contribution in [3.05, 3.63) is 97.2 Å². The molecule has 0 aromatic rings. The summed E-state index contributed by atoms with van der Waals surface area (Å²) in [4.78, 5) is 12.5. The van der Waals surface area contributed by atoms with Crippen LogP contribution in [-0.2, 0) is 4.79 Å². The SMILES string of the molecule is CC/C=C\C/C=C\C/C=C\C/C=C\C/C=C\C/C=C\C/C=C\CCCCCCCCCCCCCCCC(=O)NC(CO)C(O)/C=C/CCCCCCCCCCCCCCCCC. The van der Waals surface area contributed by atoms with Gasteiger partial charge in [-0.1, -0.05) is 272 Å². The van der Waals surface area contributed by atoms with Gasteiger partial charge in [-0.2, -0.15) is 0 Å². The van der Waals surface area contributed by atoms with E-state index in [1.54, 1.807) is 6.08 Å². The maximum atomic E-state index is 12.5. The lowest BCUT2D eigenvalue weighted by Crippen LogP contribution is -2.45. The number of carbonyl (C=O) groups excluding carboxylic acids is 1. The zero-order valence-corrected chi connectivity index (χ0v) is 42.3. The van der Waals surface area contributed by atoms with Crippen molar-refractivity contribution in [2.24, 2.45) is 0 Å². The molecule has 0 rings (SSSR count). The van der Waals surface area contributed by atoms with E-state index < -0.39 is 12.1 Å². The van der Waals surface area contributed by atoms with Crippen LogP contribution in [0.4, 0.5) is 0 Å². The summed E-state index contributed by atoms with van der Waals surface area (Å²) in [6, 6.07) is -0.628. The van der Waals surface area contributed by atoms with E-state index >= 15 is 0 Å². The Bertz CT molecular complexity index is 1190. The fourth-order valence-electron chi connectivity index (χ4n) is 7.92. The van der Waals surface area contributed by atoms with Crippen LogP contribution in [0.5, 0.6) is 0 Å². The second-order valence-electron chi connectivity index (χ2n) is 18.3. The number of carbonyl (C=O) groups is 1. The Kier molecular flexibility index (Phi) is 52.3. The molecule has 2 atom stereocenters. The van der Waals surface area contributed by atoms with Crippen LogP contribution >= 0.6 is 0 Å². The Balaban J connectivity index is 3.55. The topological polar surface area (TPSA) is 69.6 Å². The van der Waals surface area contributed by atoms with Crippen molar-refractivity contribution in [2.45, 2.75) is 270 Å². The predicted molar refractivity (Wildman–Crippen MR) is 285 cm³/mol. The molecule has 0 bridgehead atoms. The molecule has 0 saturated carbocycles. The molecule has 0 fully saturated rings. The lowest BCUT2D eigenvalue weighted by molar-refractivity contribution is -0.123. The summed E-state index contributed by atoms with van der Waals surface area (Å²) in [6.45, 7) is 4.20. The first-order valence-corrected chi connectivity index (χ1v) is 27.5. The van der Waals surface area contributed by atoms with Crippen molar-refractivity contribution in [3.8, 4) is 0 Å². The predicted octanol–water partition coefficient (Wildman–Crippen LogP) is 18.1. The molecular formula is C60H105NO3. The number of amides is 1. The number of hydrogen-bond acceptors (Lipinski definition) is 3. The van der Waals surface area contributed by atoms with Crippen LogP contribution in [0.3, 0.4) is 0 Å². The van der Waals surface area contributed by atoms with Gasteiger partial charge in [0.2, 0.25) is 5.91 Å². The number of unbranched alkanes of at least 4 members (excludes halogenated alkanes) is 28. The average molecular weight is 889 g/mol. The Labute approximate surface area is 398 Å². The molecule has 0 saturated heterocycles. The van der Waals surface area contributed by atoms with Crippen molar-refractivity contribution >= 4 is 5.91 Å². The first-order valence-electron chi connectivity index (χ1n) is 27.5. The molecule has 0 spiro atoms. The van der Waals surface area contributed by atoms with Crippen molar-refractivity contribution in [1.82, 2.24) is 5.32 Å². The number of aliphatic hydroxyl groups is 2. The minimum atomic E-state index is -0.844. The zero-order valence-electron chi connectivity index (χ0n) is 42.3. The van der Waals surface area contributed by atoms with E-state index in [0.29, 0.717) is 6.42 Å². The molecule has 368 valence electrons. The number of rotatable bonds is 49. The van der Waals surface area contributed by atoms with E-state index in [9.17, 15) is 15.0 Å². The highest BCUT2D eigenvalue weighted by Gasteiger charge is 2.18. The molecule has 2 unspecified atom stereocenters. The second-order valence-corrected chi connectivity index (χ2v) is 18.3. The Morgan fingerprint density at radius 3 is 1.03 bits per heavy atom. The molecular weight excluding hydrogens is 783 g/mol. The highest BCUT2D eigenvalue weighted by atomic mass is 16.3. The highest BCUT2D eigenvalue weighted by molar-refractivity contribution is 5.76. The fraction of sp³-hybridized carbons (Fsp3) is 0.717. The smallest absolute Gasteiger partial charge is 0.220 e. The van der Waals surface area contributed by atoms with Gasteiger partial charge in [0.25, 0.3) is 0 Å². The van der Waals surface area contributed by atoms with Gasteiger partial charge in [-0.05, 0) is 77.0 Å². The van der Waals surface area contributed by atoms with E-state index in [2.05, 4.69) is 104 Å². The first-order chi connectivity index (χ1) is 31.7. The molecule has 0 aliphatic heterocycles. The van der Waals surface area contributed by atoms with Crippen LogP contribution in [-0.4, -0.2) is 34.9 Å². The number of allylic oxidation sites excluding steroid dienone is 15. The van der Waals surface area contributed by atoms with Gasteiger partial charge >= 0.3 is 0 Å². The third-order valence-electron chi connectivity index (χ3n) is 12.1. The van der Waals surface area contributed by atoms with Crippen molar-refractivity contribution in [1.29, 1.82) is 0 Å². The minimum absolute atomic E-state index is 0.0674. The average Bonchev–Trinajstić information content (AvgIpc) is 3.30. The maximum Gasteiger partial charge on any atom is 0.220 e. The van der Waals surface area contributed by atoms with Gasteiger partial charge in [-0.15, -0.1) is 0 Å². The molecule has 0 aliphatic carbocycles. The molecule has 0 aromatic carbocycles. The molecule has 4 heteroatoms.